The van der Waals surface area contributed by atoms with Gasteiger partial charge < -0.3 is 5.11 Å². The smallest absolute Gasteiger partial charge is 0.279 e. The lowest BCUT2D eigenvalue weighted by Crippen LogP contribution is -2.22. The summed E-state index contributed by atoms with van der Waals surface area (Å²) in [6.07, 6.45) is 0. The highest BCUT2D eigenvalue weighted by Gasteiger charge is 2.25. The van der Waals surface area contributed by atoms with Gasteiger partial charge in [0.25, 0.3) is 5.91 Å². The van der Waals surface area contributed by atoms with Gasteiger partial charge in [-0.3, -0.25) is 9.36 Å². The number of nitrogens with zero attached hydrogens (tertiary/aromatic N) is 3. The van der Waals surface area contributed by atoms with E-state index in [0.717, 1.165) is 0 Å². The number of para-hydroxylation sites is 1. The van der Waals surface area contributed by atoms with Crippen molar-refractivity contribution in [2.75, 3.05) is 0 Å². The molecule has 0 atom stereocenters. The second-order valence-corrected chi connectivity index (χ2v) is 8.78. The average molecular weight is 428 g/mol. The molecular weight excluding hydrogens is 412 g/mol. The van der Waals surface area contributed by atoms with E-state index in [1.54, 1.807) is 22.8 Å². The van der Waals surface area contributed by atoms with Gasteiger partial charge in [-0.25, -0.2) is 23.5 Å². The first-order valence-electron chi connectivity index (χ1n) is 8.62. The van der Waals surface area contributed by atoms with Crippen LogP contribution in [0.25, 0.3) is 5.57 Å². The molecule has 2 aromatic carbocycles. The van der Waals surface area contributed by atoms with E-state index in [-0.39, 0.29) is 10.8 Å². The summed E-state index contributed by atoms with van der Waals surface area (Å²) in [5, 5.41) is 17.1. The summed E-state index contributed by atoms with van der Waals surface area (Å²) < 4.78 is 24.4. The van der Waals surface area contributed by atoms with E-state index in [1.807, 2.05) is 13.0 Å². The molecule has 3 aromatic rings. The standard InChI is InChI=1S/C19H16N4O4S2/c1-2-23-18(25)16(15-13-5-3-4-6-14(13)22-17(15)24)28-19(23)21-11-7-9-12(10-8-11)29(20,26)27/h3-10,25H,2H2,1H3,(H2,20,26,27). The third kappa shape index (κ3) is 3.41. The molecule has 0 saturated carbocycles. The van der Waals surface area contributed by atoms with Crippen LogP contribution in [0.3, 0.4) is 0 Å². The number of benzene rings is 2. The number of fused-ring (bicyclic) bond motifs is 1. The number of thiazole rings is 1. The Kier molecular flexibility index (Phi) is 4.69. The summed E-state index contributed by atoms with van der Waals surface area (Å²) in [5.41, 5.74) is 0.830. The van der Waals surface area contributed by atoms with Crippen LogP contribution < -0.4 is 20.5 Å². The van der Waals surface area contributed by atoms with Gasteiger partial charge in [-0.1, -0.05) is 29.5 Å². The monoisotopic (exact) mass is 428 g/mol. The average Bonchev–Trinajstić information content (AvgIpc) is 3.16. The maximum absolute atomic E-state index is 12.5. The number of amides is 1. The van der Waals surface area contributed by atoms with E-state index in [9.17, 15) is 18.3 Å². The maximum Gasteiger partial charge on any atom is 0.279 e. The highest BCUT2D eigenvalue weighted by atomic mass is 32.2. The van der Waals surface area contributed by atoms with Crippen molar-refractivity contribution in [2.45, 2.75) is 18.4 Å². The van der Waals surface area contributed by atoms with Crippen LogP contribution in [0.15, 0.2) is 63.4 Å². The molecule has 0 fully saturated rings. The van der Waals surface area contributed by atoms with Crippen LogP contribution in [-0.4, -0.2) is 24.0 Å². The number of aromatic nitrogens is 1. The van der Waals surface area contributed by atoms with Crippen molar-refractivity contribution >= 4 is 38.5 Å². The summed E-state index contributed by atoms with van der Waals surface area (Å²) in [4.78, 5) is 21.9. The minimum absolute atomic E-state index is 0.0140. The van der Waals surface area contributed by atoms with E-state index in [1.165, 1.54) is 35.6 Å². The Morgan fingerprint density at radius 2 is 1.86 bits per heavy atom. The molecule has 0 aliphatic carbocycles. The van der Waals surface area contributed by atoms with Crippen molar-refractivity contribution in [3.8, 4) is 5.88 Å². The Labute approximate surface area is 169 Å². The molecule has 29 heavy (non-hydrogen) atoms. The molecule has 0 bridgehead atoms. The van der Waals surface area contributed by atoms with Gasteiger partial charge in [0.05, 0.1) is 21.5 Å². The SMILES string of the molecule is CCn1c(O)c(C2=c3ccccc3=NC2=O)sc1=Nc1ccc(S(N)(=O)=O)cc1. The number of aromatic hydroxyl groups is 1. The van der Waals surface area contributed by atoms with Gasteiger partial charge in [0.1, 0.15) is 4.88 Å². The molecule has 0 radical (unpaired) electrons. The third-order valence-corrected chi connectivity index (χ3v) is 6.44. The van der Waals surface area contributed by atoms with E-state index in [4.69, 9.17) is 5.14 Å². The number of nitrogens with two attached hydrogens (primary N) is 1. The van der Waals surface area contributed by atoms with Crippen LogP contribution in [-0.2, 0) is 21.4 Å². The normalized spacial score (nSPS) is 14.2. The molecule has 148 valence electrons. The van der Waals surface area contributed by atoms with Crippen molar-refractivity contribution in [1.29, 1.82) is 0 Å². The molecule has 4 rings (SSSR count). The Morgan fingerprint density at radius 3 is 2.52 bits per heavy atom. The van der Waals surface area contributed by atoms with Crippen molar-refractivity contribution < 1.29 is 18.3 Å². The second-order valence-electron chi connectivity index (χ2n) is 6.24. The number of primary sulfonamides is 1. The largest absolute Gasteiger partial charge is 0.493 e. The molecule has 1 amide bonds. The molecular formula is C19H16N4O4S2. The van der Waals surface area contributed by atoms with Gasteiger partial charge in [-0.2, -0.15) is 0 Å². The maximum atomic E-state index is 12.5. The van der Waals surface area contributed by atoms with Crippen molar-refractivity contribution in [2.24, 2.45) is 15.1 Å². The molecule has 1 aliphatic rings. The Bertz CT molecular complexity index is 1430. The lowest BCUT2D eigenvalue weighted by Gasteiger charge is -2.02. The molecule has 1 aliphatic heterocycles. The number of sulfonamides is 1. The molecule has 0 saturated heterocycles. The van der Waals surface area contributed by atoms with Crippen molar-refractivity contribution in [3.05, 3.63) is 68.8 Å². The first-order valence-corrected chi connectivity index (χ1v) is 11.0. The van der Waals surface area contributed by atoms with Gasteiger partial charge in [0, 0.05) is 11.8 Å². The van der Waals surface area contributed by atoms with Crippen LogP contribution in [0.2, 0.25) is 0 Å². The minimum atomic E-state index is -3.79. The molecule has 0 unspecified atom stereocenters. The van der Waals surface area contributed by atoms with E-state index in [2.05, 4.69) is 9.98 Å². The fourth-order valence-corrected chi connectivity index (χ4v) is 4.72. The molecule has 10 heteroatoms. The van der Waals surface area contributed by atoms with Gasteiger partial charge in [-0.05, 0) is 37.3 Å². The topological polar surface area (TPSA) is 127 Å². The number of hydrogen-bond acceptors (Lipinski definition) is 6. The third-order valence-electron chi connectivity index (χ3n) is 4.43. The van der Waals surface area contributed by atoms with E-state index >= 15 is 0 Å². The zero-order valence-corrected chi connectivity index (χ0v) is 16.9. The lowest BCUT2D eigenvalue weighted by atomic mass is 10.1. The minimum Gasteiger partial charge on any atom is -0.493 e. The van der Waals surface area contributed by atoms with Crippen LogP contribution in [0.4, 0.5) is 5.69 Å². The quantitative estimate of drug-likeness (QED) is 0.628. The van der Waals surface area contributed by atoms with E-state index in [0.29, 0.717) is 38.1 Å². The molecule has 2 heterocycles. The zero-order chi connectivity index (χ0) is 20.8. The summed E-state index contributed by atoms with van der Waals surface area (Å²) in [6, 6.07) is 12.9. The first-order chi connectivity index (χ1) is 13.8. The summed E-state index contributed by atoms with van der Waals surface area (Å²) in [6.45, 7) is 2.27. The Morgan fingerprint density at radius 1 is 1.17 bits per heavy atom. The predicted molar refractivity (Wildman–Crippen MR) is 107 cm³/mol. The Hall–Kier alpha value is -3.08. The Balaban J connectivity index is 1.89. The number of carbonyl (C=O) groups excluding carboxylic acids is 1. The van der Waals surface area contributed by atoms with Crippen LogP contribution in [0.5, 0.6) is 5.88 Å². The van der Waals surface area contributed by atoms with Crippen molar-refractivity contribution in [1.82, 2.24) is 4.57 Å². The molecule has 0 spiro atoms. The number of rotatable bonds is 4. The van der Waals surface area contributed by atoms with Gasteiger partial charge in [0.15, 0.2) is 4.80 Å². The van der Waals surface area contributed by atoms with Crippen molar-refractivity contribution in [3.63, 3.8) is 0 Å². The first kappa shape index (κ1) is 19.2. The van der Waals surface area contributed by atoms with Gasteiger partial charge >= 0.3 is 0 Å². The molecule has 3 N–H and O–H groups in total. The lowest BCUT2D eigenvalue weighted by molar-refractivity contribution is -0.112. The van der Waals surface area contributed by atoms with Gasteiger partial charge in [-0.15, -0.1) is 0 Å². The van der Waals surface area contributed by atoms with E-state index < -0.39 is 15.9 Å². The highest BCUT2D eigenvalue weighted by molar-refractivity contribution is 7.89. The fourth-order valence-electron chi connectivity index (χ4n) is 3.04. The van der Waals surface area contributed by atoms with Crippen LogP contribution in [0.1, 0.15) is 11.8 Å². The fraction of sp³-hybridized carbons (Fsp3) is 0.105. The number of hydrogen-bond donors (Lipinski definition) is 2. The predicted octanol–water partition coefficient (Wildman–Crippen LogP) is 0.514. The molecule has 1 aromatic heterocycles. The van der Waals surface area contributed by atoms with Crippen LogP contribution >= 0.6 is 11.3 Å². The summed E-state index contributed by atoms with van der Waals surface area (Å²) in [7, 11) is -3.79. The summed E-state index contributed by atoms with van der Waals surface area (Å²) in [5.74, 6) is -0.470. The van der Waals surface area contributed by atoms with Gasteiger partial charge in [0.2, 0.25) is 15.9 Å². The summed E-state index contributed by atoms with van der Waals surface area (Å²) >= 11 is 1.17. The number of carbonyl (C=O) groups is 1. The van der Waals surface area contributed by atoms with Crippen LogP contribution in [0, 0.1) is 0 Å². The second kappa shape index (κ2) is 7.07. The zero-order valence-electron chi connectivity index (χ0n) is 15.2. The highest BCUT2D eigenvalue weighted by Crippen LogP contribution is 2.28. The molecule has 8 nitrogen and oxygen atoms in total.